The number of hydrogen-bond acceptors (Lipinski definition) is 2. The summed E-state index contributed by atoms with van der Waals surface area (Å²) in [7, 11) is 0. The lowest BCUT2D eigenvalue weighted by atomic mass is 10.0. The molecule has 1 aromatic heterocycles. The third kappa shape index (κ3) is 3.20. The fourth-order valence-electron chi connectivity index (χ4n) is 0.837. The SMILES string of the molecule is CCC(C)(O)C#Cc1ccc(C)nc1. The van der Waals surface area contributed by atoms with E-state index in [1.54, 1.807) is 13.1 Å². The number of rotatable bonds is 1. The van der Waals surface area contributed by atoms with Crippen LogP contribution in [0, 0.1) is 18.8 Å². The maximum Gasteiger partial charge on any atom is 0.122 e. The largest absolute Gasteiger partial charge is 0.378 e. The number of nitrogens with zero attached hydrogens (tertiary/aromatic N) is 1. The molecule has 1 aromatic rings. The first kappa shape index (κ1) is 10.7. The molecule has 74 valence electrons. The zero-order valence-corrected chi connectivity index (χ0v) is 8.83. The van der Waals surface area contributed by atoms with Crippen LogP contribution in [-0.2, 0) is 0 Å². The van der Waals surface area contributed by atoms with E-state index in [1.807, 2.05) is 26.0 Å². The van der Waals surface area contributed by atoms with Gasteiger partial charge in [0.25, 0.3) is 0 Å². The Morgan fingerprint density at radius 1 is 1.50 bits per heavy atom. The van der Waals surface area contributed by atoms with E-state index in [1.165, 1.54) is 0 Å². The van der Waals surface area contributed by atoms with Crippen molar-refractivity contribution in [3.8, 4) is 11.8 Å². The summed E-state index contributed by atoms with van der Waals surface area (Å²) in [5.41, 5.74) is 0.910. The highest BCUT2D eigenvalue weighted by Gasteiger charge is 2.11. The smallest absolute Gasteiger partial charge is 0.122 e. The predicted molar refractivity (Wildman–Crippen MR) is 56.8 cm³/mol. The van der Waals surface area contributed by atoms with E-state index in [0.717, 1.165) is 11.3 Å². The van der Waals surface area contributed by atoms with Gasteiger partial charge in [-0.2, -0.15) is 0 Å². The first-order chi connectivity index (χ1) is 6.53. The fraction of sp³-hybridized carbons (Fsp3) is 0.417. The third-order valence-corrected chi connectivity index (χ3v) is 2.08. The monoisotopic (exact) mass is 189 g/mol. The van der Waals surface area contributed by atoms with Crippen molar-refractivity contribution in [1.82, 2.24) is 4.98 Å². The first-order valence-corrected chi connectivity index (χ1v) is 4.72. The average Bonchev–Trinajstić information content (AvgIpc) is 2.17. The van der Waals surface area contributed by atoms with Crippen LogP contribution in [-0.4, -0.2) is 15.7 Å². The molecule has 0 bridgehead atoms. The minimum Gasteiger partial charge on any atom is -0.378 e. The van der Waals surface area contributed by atoms with Crippen LogP contribution in [0.3, 0.4) is 0 Å². The first-order valence-electron chi connectivity index (χ1n) is 4.72. The topological polar surface area (TPSA) is 33.1 Å². The van der Waals surface area contributed by atoms with E-state index in [0.29, 0.717) is 6.42 Å². The highest BCUT2D eigenvalue weighted by molar-refractivity contribution is 5.34. The van der Waals surface area contributed by atoms with Gasteiger partial charge in [0, 0.05) is 17.5 Å². The molecule has 1 heterocycles. The number of hydrogen-bond donors (Lipinski definition) is 1. The Balaban J connectivity index is 2.83. The molecule has 0 amide bonds. The molecule has 1 unspecified atom stereocenters. The van der Waals surface area contributed by atoms with Gasteiger partial charge in [-0.05, 0) is 32.4 Å². The van der Waals surface area contributed by atoms with Crippen molar-refractivity contribution in [1.29, 1.82) is 0 Å². The summed E-state index contributed by atoms with van der Waals surface area (Å²) < 4.78 is 0. The standard InChI is InChI=1S/C12H15NO/c1-4-12(3,14)8-7-11-6-5-10(2)13-9-11/h5-6,9,14H,4H2,1-3H3. The molecule has 0 spiro atoms. The summed E-state index contributed by atoms with van der Waals surface area (Å²) in [4.78, 5) is 4.12. The number of pyridine rings is 1. The summed E-state index contributed by atoms with van der Waals surface area (Å²) in [6.45, 7) is 5.54. The van der Waals surface area contributed by atoms with Crippen molar-refractivity contribution < 1.29 is 5.11 Å². The van der Waals surface area contributed by atoms with Gasteiger partial charge < -0.3 is 5.11 Å². The predicted octanol–water partition coefficient (Wildman–Crippen LogP) is 1.90. The Morgan fingerprint density at radius 3 is 2.71 bits per heavy atom. The van der Waals surface area contributed by atoms with Gasteiger partial charge in [0.2, 0.25) is 0 Å². The minimum atomic E-state index is -0.898. The van der Waals surface area contributed by atoms with Crippen molar-refractivity contribution >= 4 is 0 Å². The lowest BCUT2D eigenvalue weighted by Crippen LogP contribution is -2.19. The normalized spacial score (nSPS) is 14.0. The molecule has 0 aliphatic heterocycles. The second-order valence-corrected chi connectivity index (χ2v) is 3.57. The molecule has 1 atom stereocenters. The molecule has 0 aliphatic carbocycles. The highest BCUT2D eigenvalue weighted by atomic mass is 16.3. The van der Waals surface area contributed by atoms with Crippen molar-refractivity contribution in [3.63, 3.8) is 0 Å². The Hall–Kier alpha value is -1.33. The van der Waals surface area contributed by atoms with E-state index in [9.17, 15) is 5.11 Å². The van der Waals surface area contributed by atoms with Gasteiger partial charge in [-0.1, -0.05) is 18.8 Å². The maximum atomic E-state index is 9.65. The number of aromatic nitrogens is 1. The van der Waals surface area contributed by atoms with Crippen LogP contribution in [0.2, 0.25) is 0 Å². The Morgan fingerprint density at radius 2 is 2.21 bits per heavy atom. The van der Waals surface area contributed by atoms with Gasteiger partial charge in [0.1, 0.15) is 5.60 Å². The van der Waals surface area contributed by atoms with E-state index < -0.39 is 5.60 Å². The van der Waals surface area contributed by atoms with Gasteiger partial charge in [0.15, 0.2) is 0 Å². The molecule has 1 rings (SSSR count). The molecular weight excluding hydrogens is 174 g/mol. The zero-order valence-electron chi connectivity index (χ0n) is 8.83. The van der Waals surface area contributed by atoms with Gasteiger partial charge in [-0.15, -0.1) is 0 Å². The van der Waals surface area contributed by atoms with E-state index in [-0.39, 0.29) is 0 Å². The van der Waals surface area contributed by atoms with Crippen LogP contribution < -0.4 is 0 Å². The van der Waals surface area contributed by atoms with Gasteiger partial charge in [0.05, 0.1) is 0 Å². The summed E-state index contributed by atoms with van der Waals surface area (Å²) in [6.07, 6.45) is 2.34. The quantitative estimate of drug-likeness (QED) is 0.684. The molecule has 0 saturated carbocycles. The lowest BCUT2D eigenvalue weighted by Gasteiger charge is -2.11. The molecule has 0 aromatic carbocycles. The van der Waals surface area contributed by atoms with E-state index in [4.69, 9.17) is 0 Å². The summed E-state index contributed by atoms with van der Waals surface area (Å²) in [6, 6.07) is 3.81. The van der Waals surface area contributed by atoms with Gasteiger partial charge in [-0.3, -0.25) is 4.98 Å². The van der Waals surface area contributed by atoms with Crippen LogP contribution in [0.4, 0.5) is 0 Å². The van der Waals surface area contributed by atoms with Crippen LogP contribution in [0.5, 0.6) is 0 Å². The third-order valence-electron chi connectivity index (χ3n) is 2.08. The van der Waals surface area contributed by atoms with E-state index in [2.05, 4.69) is 16.8 Å². The molecule has 14 heavy (non-hydrogen) atoms. The molecule has 0 aliphatic rings. The van der Waals surface area contributed by atoms with Crippen LogP contribution >= 0.6 is 0 Å². The molecule has 0 radical (unpaired) electrons. The maximum absolute atomic E-state index is 9.65. The van der Waals surface area contributed by atoms with Crippen molar-refractivity contribution in [2.24, 2.45) is 0 Å². The molecule has 0 saturated heterocycles. The van der Waals surface area contributed by atoms with Gasteiger partial charge >= 0.3 is 0 Å². The second kappa shape index (κ2) is 4.26. The van der Waals surface area contributed by atoms with Crippen LogP contribution in [0.15, 0.2) is 18.3 Å². The lowest BCUT2D eigenvalue weighted by molar-refractivity contribution is 0.118. The zero-order chi connectivity index (χ0) is 10.6. The van der Waals surface area contributed by atoms with Crippen molar-refractivity contribution in [2.75, 3.05) is 0 Å². The average molecular weight is 189 g/mol. The molecule has 2 heteroatoms. The van der Waals surface area contributed by atoms with E-state index >= 15 is 0 Å². The fourth-order valence-corrected chi connectivity index (χ4v) is 0.837. The molecule has 0 fully saturated rings. The minimum absolute atomic E-state index is 0.624. The molecule has 2 nitrogen and oxygen atoms in total. The highest BCUT2D eigenvalue weighted by Crippen LogP contribution is 2.06. The summed E-state index contributed by atoms with van der Waals surface area (Å²) in [5, 5.41) is 9.65. The number of aliphatic hydroxyl groups is 1. The van der Waals surface area contributed by atoms with Crippen molar-refractivity contribution in [2.45, 2.75) is 32.8 Å². The number of aryl methyl sites for hydroxylation is 1. The Bertz CT molecular complexity index is 354. The Labute approximate surface area is 85.0 Å². The second-order valence-electron chi connectivity index (χ2n) is 3.57. The van der Waals surface area contributed by atoms with Crippen LogP contribution in [0.25, 0.3) is 0 Å². The van der Waals surface area contributed by atoms with Gasteiger partial charge in [-0.25, -0.2) is 0 Å². The van der Waals surface area contributed by atoms with Crippen LogP contribution in [0.1, 0.15) is 31.5 Å². The summed E-state index contributed by atoms with van der Waals surface area (Å²) in [5.74, 6) is 5.71. The molecular formula is C12H15NO. The Kier molecular flexibility index (Phi) is 3.27. The molecule has 1 N–H and O–H groups in total. The van der Waals surface area contributed by atoms with Crippen molar-refractivity contribution in [3.05, 3.63) is 29.6 Å². The summed E-state index contributed by atoms with van der Waals surface area (Å²) >= 11 is 0.